The molecule has 0 unspecified atom stereocenters. The molecule has 42 valence electrons. The van der Waals surface area contributed by atoms with Crippen molar-refractivity contribution in [2.75, 3.05) is 0 Å². The molecular formula is C7H8Se. The van der Waals surface area contributed by atoms with Crippen LogP contribution < -0.4 is 0 Å². The summed E-state index contributed by atoms with van der Waals surface area (Å²) in [5, 5.41) is 0. The van der Waals surface area contributed by atoms with E-state index in [4.69, 9.17) is 0 Å². The maximum absolute atomic E-state index is 3.03. The summed E-state index contributed by atoms with van der Waals surface area (Å²) in [5.41, 5.74) is 1.37. The van der Waals surface area contributed by atoms with E-state index in [1.807, 2.05) is 0 Å². The molecule has 0 spiro atoms. The average molecular weight is 171 g/mol. The van der Waals surface area contributed by atoms with Crippen molar-refractivity contribution in [3.05, 3.63) is 23.8 Å². The molecule has 0 radical (unpaired) electrons. The van der Waals surface area contributed by atoms with Crippen LogP contribution in [0.5, 0.6) is 0 Å². The zero-order valence-corrected chi connectivity index (χ0v) is 6.56. The fraction of sp³-hybridized carbons (Fsp3) is 0.286. The Morgan fingerprint density at radius 3 is 2.75 bits per heavy atom. The summed E-state index contributed by atoms with van der Waals surface area (Å²) in [6.07, 6.45) is 7.45. The first-order valence-electron chi connectivity index (χ1n) is 2.67. The van der Waals surface area contributed by atoms with Crippen LogP contribution >= 0.6 is 0 Å². The maximum atomic E-state index is 3.03. The Morgan fingerprint density at radius 2 is 2.38 bits per heavy atom. The second kappa shape index (κ2) is 2.43. The van der Waals surface area contributed by atoms with Crippen molar-refractivity contribution in [1.82, 2.24) is 0 Å². The van der Waals surface area contributed by atoms with Gasteiger partial charge in [0.2, 0.25) is 0 Å². The molecule has 8 heavy (non-hydrogen) atoms. The van der Waals surface area contributed by atoms with E-state index in [0.717, 1.165) is 6.42 Å². The van der Waals surface area contributed by atoms with Crippen LogP contribution in [0.25, 0.3) is 0 Å². The average Bonchev–Trinajstić information content (AvgIpc) is 1.77. The van der Waals surface area contributed by atoms with Crippen molar-refractivity contribution in [2.24, 2.45) is 0 Å². The summed E-state index contributed by atoms with van der Waals surface area (Å²) in [5.74, 6) is 0. The van der Waals surface area contributed by atoms with Crippen molar-refractivity contribution < 1.29 is 0 Å². The third-order valence-corrected chi connectivity index (χ3v) is 2.25. The first kappa shape index (κ1) is 6.00. The molecule has 1 heteroatoms. The Kier molecular flexibility index (Phi) is 1.82. The predicted molar refractivity (Wildman–Crippen MR) is 38.3 cm³/mol. The summed E-state index contributed by atoms with van der Waals surface area (Å²) in [4.78, 5) is 0. The van der Waals surface area contributed by atoms with Gasteiger partial charge >= 0.3 is 57.1 Å². The van der Waals surface area contributed by atoms with E-state index < -0.39 is 0 Å². The Hall–Kier alpha value is -0.131. The quantitative estimate of drug-likeness (QED) is 0.481. The first-order valence-corrected chi connectivity index (χ1v) is 3.53. The minimum absolute atomic E-state index is 1.09. The molecule has 0 aromatic heterocycles. The second-order valence-corrected chi connectivity index (χ2v) is 2.94. The molecule has 0 bridgehead atoms. The third-order valence-electron chi connectivity index (χ3n) is 1.23. The molecule has 0 heterocycles. The van der Waals surface area contributed by atoms with Crippen LogP contribution in [-0.4, -0.2) is 20.0 Å². The summed E-state index contributed by atoms with van der Waals surface area (Å²) < 4.78 is 1.37. The molecule has 0 saturated carbocycles. The van der Waals surface area contributed by atoms with E-state index in [2.05, 4.69) is 40.7 Å². The Morgan fingerprint density at radius 1 is 1.62 bits per heavy atom. The van der Waals surface area contributed by atoms with E-state index in [1.54, 1.807) is 0 Å². The molecule has 0 saturated heterocycles. The van der Waals surface area contributed by atoms with E-state index in [1.165, 1.54) is 9.99 Å². The number of rotatable bonds is 0. The molecule has 1 aliphatic rings. The van der Waals surface area contributed by atoms with Crippen LogP contribution in [0, 0.1) is 0 Å². The topological polar surface area (TPSA) is 0 Å². The number of allylic oxidation sites excluding steroid dienone is 4. The van der Waals surface area contributed by atoms with E-state index in [0.29, 0.717) is 0 Å². The minimum atomic E-state index is 1.09. The second-order valence-electron chi connectivity index (χ2n) is 1.91. The standard InChI is InChI=1S/C7H8Se/c1-6-4-2-3-5-7(6)8/h2-4H,5H2,1H3. The molecule has 0 atom stereocenters. The van der Waals surface area contributed by atoms with Gasteiger partial charge in [-0.2, -0.15) is 0 Å². The van der Waals surface area contributed by atoms with Crippen LogP contribution in [0.1, 0.15) is 13.3 Å². The molecule has 0 amide bonds. The van der Waals surface area contributed by atoms with Gasteiger partial charge in [0.05, 0.1) is 0 Å². The van der Waals surface area contributed by atoms with Gasteiger partial charge in [-0.05, 0) is 0 Å². The van der Waals surface area contributed by atoms with Crippen LogP contribution in [0.3, 0.4) is 0 Å². The summed E-state index contributed by atoms with van der Waals surface area (Å²) in [7, 11) is 0. The van der Waals surface area contributed by atoms with Crippen LogP contribution in [0.4, 0.5) is 0 Å². The van der Waals surface area contributed by atoms with Gasteiger partial charge in [0.15, 0.2) is 0 Å². The zero-order valence-electron chi connectivity index (χ0n) is 4.85. The molecule has 0 N–H and O–H groups in total. The summed E-state index contributed by atoms with van der Waals surface area (Å²) in [6.45, 7) is 2.12. The van der Waals surface area contributed by atoms with Gasteiger partial charge in [-0.15, -0.1) is 0 Å². The van der Waals surface area contributed by atoms with Crippen LogP contribution in [0.15, 0.2) is 23.8 Å². The van der Waals surface area contributed by atoms with Gasteiger partial charge < -0.3 is 0 Å². The van der Waals surface area contributed by atoms with E-state index >= 15 is 0 Å². The summed E-state index contributed by atoms with van der Waals surface area (Å²) >= 11 is 3.03. The SMILES string of the molecule is CC1=CC=CCC1=[Se]. The van der Waals surface area contributed by atoms with Gasteiger partial charge in [-0.25, -0.2) is 0 Å². The molecular weight excluding hydrogens is 163 g/mol. The number of hydrogen-bond donors (Lipinski definition) is 0. The van der Waals surface area contributed by atoms with Crippen LogP contribution in [-0.2, 0) is 0 Å². The summed E-state index contributed by atoms with van der Waals surface area (Å²) in [6, 6.07) is 0. The molecule has 0 aliphatic heterocycles. The predicted octanol–water partition coefficient (Wildman–Crippen LogP) is 1.23. The first-order chi connectivity index (χ1) is 3.80. The Bertz CT molecular complexity index is 163. The van der Waals surface area contributed by atoms with Crippen molar-refractivity contribution in [3.8, 4) is 0 Å². The Balaban J connectivity index is 2.80. The van der Waals surface area contributed by atoms with Gasteiger partial charge in [0, 0.05) is 0 Å². The molecule has 0 nitrogen and oxygen atoms in total. The van der Waals surface area contributed by atoms with Crippen molar-refractivity contribution in [1.29, 1.82) is 0 Å². The molecule has 0 fully saturated rings. The zero-order chi connectivity index (χ0) is 5.98. The molecule has 1 rings (SSSR count). The molecule has 0 aromatic rings. The van der Waals surface area contributed by atoms with Crippen molar-refractivity contribution in [3.63, 3.8) is 0 Å². The van der Waals surface area contributed by atoms with Gasteiger partial charge in [-0.1, -0.05) is 0 Å². The fourth-order valence-corrected chi connectivity index (χ4v) is 0.986. The van der Waals surface area contributed by atoms with E-state index in [-0.39, 0.29) is 0 Å². The van der Waals surface area contributed by atoms with E-state index in [9.17, 15) is 0 Å². The van der Waals surface area contributed by atoms with Crippen LogP contribution in [0.2, 0.25) is 0 Å². The third kappa shape index (κ3) is 1.18. The molecule has 0 aromatic carbocycles. The van der Waals surface area contributed by atoms with Gasteiger partial charge in [0.1, 0.15) is 0 Å². The van der Waals surface area contributed by atoms with Crippen molar-refractivity contribution in [2.45, 2.75) is 13.3 Å². The number of hydrogen-bond acceptors (Lipinski definition) is 0. The monoisotopic (exact) mass is 172 g/mol. The molecule has 1 aliphatic carbocycles. The normalized spacial score (nSPS) is 18.6. The Labute approximate surface area is 57.6 Å². The fourth-order valence-electron chi connectivity index (χ4n) is 0.641. The van der Waals surface area contributed by atoms with Crippen molar-refractivity contribution >= 4 is 20.0 Å². The van der Waals surface area contributed by atoms with Gasteiger partial charge in [-0.3, -0.25) is 0 Å². The van der Waals surface area contributed by atoms with Gasteiger partial charge in [0.25, 0.3) is 0 Å².